The molecule has 1 aromatic heterocycles. The van der Waals surface area contributed by atoms with E-state index in [0.29, 0.717) is 53.8 Å². The summed E-state index contributed by atoms with van der Waals surface area (Å²) < 4.78 is 20.0. The van der Waals surface area contributed by atoms with Gasteiger partial charge in [-0.3, -0.25) is 9.36 Å². The minimum absolute atomic E-state index is 0.186. The Morgan fingerprint density at radius 1 is 1.02 bits per heavy atom. The molecule has 6 rings (SSSR count). The number of nitrogens with zero attached hydrogens (tertiary/aromatic N) is 2. The van der Waals surface area contributed by atoms with Gasteiger partial charge in [-0.15, -0.1) is 0 Å². The van der Waals surface area contributed by atoms with Gasteiger partial charge in [0.15, 0.2) is 16.3 Å². The van der Waals surface area contributed by atoms with Crippen molar-refractivity contribution in [2.75, 3.05) is 13.7 Å². The van der Waals surface area contributed by atoms with E-state index in [9.17, 15) is 9.59 Å². The predicted octanol–water partition coefficient (Wildman–Crippen LogP) is 6.94. The minimum atomic E-state index is -0.739. The molecule has 0 fully saturated rings. The number of hydrogen-bond acceptors (Lipinski definition) is 7. The van der Waals surface area contributed by atoms with E-state index in [1.807, 2.05) is 97.1 Å². The zero-order valence-corrected chi connectivity index (χ0v) is 28.1. The summed E-state index contributed by atoms with van der Waals surface area (Å²) in [6, 6.07) is 29.3. The van der Waals surface area contributed by atoms with E-state index >= 15 is 0 Å². The second kappa shape index (κ2) is 13.9. The summed E-state index contributed by atoms with van der Waals surface area (Å²) in [6.07, 6.45) is 1.79. The van der Waals surface area contributed by atoms with Gasteiger partial charge in [-0.1, -0.05) is 95.7 Å². The summed E-state index contributed by atoms with van der Waals surface area (Å²) >= 11 is 11.0. The lowest BCUT2D eigenvalue weighted by Crippen LogP contribution is -2.39. The van der Waals surface area contributed by atoms with E-state index in [-0.39, 0.29) is 12.2 Å². The Morgan fingerprint density at radius 2 is 1.76 bits per heavy atom. The highest BCUT2D eigenvalue weighted by Gasteiger charge is 2.35. The smallest absolute Gasteiger partial charge is 0.338 e. The minimum Gasteiger partial charge on any atom is -0.493 e. The third-order valence-corrected chi connectivity index (χ3v) is 9.12. The first-order valence-corrected chi connectivity index (χ1v) is 16.4. The first kappa shape index (κ1) is 31.5. The Kier molecular flexibility index (Phi) is 9.53. The number of rotatable bonds is 9. The van der Waals surface area contributed by atoms with Crippen LogP contribution in [0.2, 0.25) is 5.02 Å². The van der Waals surface area contributed by atoms with Crippen LogP contribution in [-0.2, 0) is 16.1 Å². The van der Waals surface area contributed by atoms with Crippen molar-refractivity contribution in [3.63, 3.8) is 0 Å². The maximum Gasteiger partial charge on any atom is 0.338 e. The third-order valence-electron chi connectivity index (χ3n) is 7.31. The van der Waals surface area contributed by atoms with Crippen molar-refractivity contribution < 1.29 is 19.0 Å². The first-order chi connectivity index (χ1) is 22.4. The van der Waals surface area contributed by atoms with Crippen LogP contribution in [0.5, 0.6) is 11.5 Å². The molecular weight excluding hydrogens is 688 g/mol. The van der Waals surface area contributed by atoms with Gasteiger partial charge in [-0.2, -0.15) is 0 Å². The standard InChI is InChI=1S/C36H28BrClN2O5S/c1-3-44-35(42)30-31(24-12-6-4-7-13-24)39-36-40(32(30)25-14-8-5-9-15-25)34(41)29(46-36)20-23-18-27(37)33(28(19-23)43-2)45-21-22-11-10-16-26(38)17-22/h4-20,32H,3,21H2,1-2H3/b29-20-/t32-/m0/s1. The molecule has 0 radical (unpaired) electrons. The summed E-state index contributed by atoms with van der Waals surface area (Å²) in [5.74, 6) is 0.501. The number of fused-ring (bicyclic) bond motifs is 1. The normalized spacial score (nSPS) is 14.4. The lowest BCUT2D eigenvalue weighted by molar-refractivity contribution is -0.138. The van der Waals surface area contributed by atoms with Crippen molar-refractivity contribution in [1.29, 1.82) is 0 Å². The van der Waals surface area contributed by atoms with Gasteiger partial charge in [0.05, 0.1) is 40.0 Å². The fraction of sp³-hybridized carbons (Fsp3) is 0.139. The van der Waals surface area contributed by atoms with E-state index in [2.05, 4.69) is 15.9 Å². The molecule has 0 unspecified atom stereocenters. The predicted molar refractivity (Wildman–Crippen MR) is 184 cm³/mol. The van der Waals surface area contributed by atoms with Crippen LogP contribution in [0.1, 0.15) is 35.2 Å². The molecule has 0 saturated heterocycles. The summed E-state index contributed by atoms with van der Waals surface area (Å²) in [4.78, 5) is 33.2. The monoisotopic (exact) mass is 714 g/mol. The molecule has 46 heavy (non-hydrogen) atoms. The van der Waals surface area contributed by atoms with E-state index in [1.54, 1.807) is 24.7 Å². The van der Waals surface area contributed by atoms with E-state index < -0.39 is 12.0 Å². The number of halogens is 2. The topological polar surface area (TPSA) is 79.1 Å². The number of carbonyl (C=O) groups is 1. The highest BCUT2D eigenvalue weighted by molar-refractivity contribution is 9.10. The molecule has 1 aliphatic heterocycles. The number of esters is 1. The first-order valence-electron chi connectivity index (χ1n) is 14.5. The van der Waals surface area contributed by atoms with E-state index in [4.69, 9.17) is 30.8 Å². The average molecular weight is 716 g/mol. The van der Waals surface area contributed by atoms with E-state index in [1.165, 1.54) is 11.3 Å². The maximum absolute atomic E-state index is 14.2. The van der Waals surface area contributed by atoms with Gasteiger partial charge < -0.3 is 14.2 Å². The van der Waals surface area contributed by atoms with Gasteiger partial charge in [-0.25, -0.2) is 9.79 Å². The van der Waals surface area contributed by atoms with Gasteiger partial charge in [0.1, 0.15) is 6.61 Å². The van der Waals surface area contributed by atoms with Crippen molar-refractivity contribution in [1.82, 2.24) is 4.57 Å². The maximum atomic E-state index is 14.2. The summed E-state index contributed by atoms with van der Waals surface area (Å²) in [7, 11) is 1.56. The Bertz CT molecular complexity index is 2130. The zero-order valence-electron chi connectivity index (χ0n) is 24.9. The SMILES string of the molecule is CCOC(=O)C1=C(c2ccccc2)N=c2s/c(=C\c3cc(Br)c(OCc4cccc(Cl)c4)c(OC)c3)c(=O)n2[C@H]1c1ccccc1. The summed E-state index contributed by atoms with van der Waals surface area (Å²) in [6.45, 7) is 2.23. The molecule has 1 aliphatic rings. The van der Waals surface area contributed by atoms with Crippen LogP contribution in [0.25, 0.3) is 11.8 Å². The van der Waals surface area contributed by atoms with Gasteiger partial charge >= 0.3 is 5.97 Å². The summed E-state index contributed by atoms with van der Waals surface area (Å²) in [5, 5.41) is 0.628. The number of carbonyl (C=O) groups excluding carboxylic acids is 1. The number of benzene rings is 4. The molecule has 0 aliphatic carbocycles. The van der Waals surface area contributed by atoms with Crippen LogP contribution in [0.3, 0.4) is 0 Å². The number of aromatic nitrogens is 1. The number of thiazole rings is 1. The number of methoxy groups -OCH3 is 1. The lowest BCUT2D eigenvalue weighted by Gasteiger charge is -2.25. The molecule has 4 aromatic carbocycles. The average Bonchev–Trinajstić information content (AvgIpc) is 3.38. The molecule has 5 aromatic rings. The molecule has 2 heterocycles. The molecular formula is C36H28BrClN2O5S. The van der Waals surface area contributed by atoms with Crippen molar-refractivity contribution in [2.24, 2.45) is 4.99 Å². The molecule has 0 bridgehead atoms. The van der Waals surface area contributed by atoms with Crippen LogP contribution in [0, 0.1) is 0 Å². The van der Waals surface area contributed by atoms with Gasteiger partial charge in [-0.05, 0) is 69.9 Å². The molecule has 7 nitrogen and oxygen atoms in total. The zero-order chi connectivity index (χ0) is 32.2. The Labute approximate surface area is 282 Å². The van der Waals surface area contributed by atoms with Crippen LogP contribution in [0.4, 0.5) is 0 Å². The molecule has 232 valence electrons. The summed E-state index contributed by atoms with van der Waals surface area (Å²) in [5.41, 5.74) is 3.67. The van der Waals surface area contributed by atoms with Crippen molar-refractivity contribution in [3.05, 3.63) is 154 Å². The molecule has 0 N–H and O–H groups in total. The molecule has 10 heteroatoms. The third kappa shape index (κ3) is 6.44. The van der Waals surface area contributed by atoms with Gasteiger partial charge in [0, 0.05) is 10.6 Å². The van der Waals surface area contributed by atoms with Crippen molar-refractivity contribution in [3.8, 4) is 11.5 Å². The van der Waals surface area contributed by atoms with Crippen LogP contribution >= 0.6 is 38.9 Å². The van der Waals surface area contributed by atoms with Crippen molar-refractivity contribution in [2.45, 2.75) is 19.6 Å². The Balaban J connectivity index is 1.48. The fourth-order valence-electron chi connectivity index (χ4n) is 5.29. The molecule has 0 saturated carbocycles. The van der Waals surface area contributed by atoms with Gasteiger partial charge in [0.2, 0.25) is 0 Å². The van der Waals surface area contributed by atoms with Crippen LogP contribution in [0.15, 0.2) is 117 Å². The largest absolute Gasteiger partial charge is 0.493 e. The quantitative estimate of drug-likeness (QED) is 0.155. The van der Waals surface area contributed by atoms with Crippen molar-refractivity contribution >= 4 is 56.6 Å². The van der Waals surface area contributed by atoms with Gasteiger partial charge in [0.25, 0.3) is 5.56 Å². The fourth-order valence-corrected chi connectivity index (χ4v) is 7.08. The Hall–Kier alpha value is -4.44. The molecule has 1 atom stereocenters. The molecule has 0 spiro atoms. The number of ether oxygens (including phenoxy) is 3. The molecule has 0 amide bonds. The number of hydrogen-bond donors (Lipinski definition) is 0. The highest BCUT2D eigenvalue weighted by atomic mass is 79.9. The second-order valence-corrected chi connectivity index (χ2v) is 12.6. The second-order valence-electron chi connectivity index (χ2n) is 10.3. The Morgan fingerprint density at radius 3 is 2.46 bits per heavy atom. The lowest BCUT2D eigenvalue weighted by atomic mass is 9.93. The van der Waals surface area contributed by atoms with Crippen LogP contribution in [-0.4, -0.2) is 24.3 Å². The van der Waals surface area contributed by atoms with Crippen LogP contribution < -0.4 is 24.4 Å². The highest BCUT2D eigenvalue weighted by Crippen LogP contribution is 2.38. The van der Waals surface area contributed by atoms with E-state index in [0.717, 1.165) is 16.7 Å².